The van der Waals surface area contributed by atoms with Gasteiger partial charge in [0.1, 0.15) is 11.3 Å². The number of phenols is 1. The van der Waals surface area contributed by atoms with Crippen molar-refractivity contribution >= 4 is 11.0 Å². The van der Waals surface area contributed by atoms with E-state index in [-0.39, 0.29) is 11.4 Å². The smallest absolute Gasteiger partial charge is 0.336 e. The molecule has 1 saturated heterocycles. The SMILES string of the molecule is CNC1CCCN(Cc2cc(=O)oc3cc(O)ccc23)C1. The molecule has 0 saturated carbocycles. The molecule has 21 heavy (non-hydrogen) atoms. The lowest BCUT2D eigenvalue weighted by molar-refractivity contribution is 0.188. The molecule has 2 aromatic rings. The van der Waals surface area contributed by atoms with Crippen LogP contribution in [0.15, 0.2) is 33.5 Å². The minimum absolute atomic E-state index is 0.107. The summed E-state index contributed by atoms with van der Waals surface area (Å²) in [4.78, 5) is 14.1. The quantitative estimate of drug-likeness (QED) is 0.841. The molecule has 0 bridgehead atoms. The van der Waals surface area contributed by atoms with Crippen LogP contribution in [0.25, 0.3) is 11.0 Å². The molecular formula is C16H20N2O3. The summed E-state index contributed by atoms with van der Waals surface area (Å²) >= 11 is 0. The normalized spacial score (nSPS) is 20.0. The van der Waals surface area contributed by atoms with E-state index in [1.54, 1.807) is 12.1 Å². The van der Waals surface area contributed by atoms with Crippen molar-refractivity contribution in [1.82, 2.24) is 10.2 Å². The van der Waals surface area contributed by atoms with Gasteiger partial charge in [-0.15, -0.1) is 0 Å². The van der Waals surface area contributed by atoms with Crippen molar-refractivity contribution < 1.29 is 9.52 Å². The van der Waals surface area contributed by atoms with Crippen LogP contribution in [0.3, 0.4) is 0 Å². The van der Waals surface area contributed by atoms with Crippen LogP contribution in [0.4, 0.5) is 0 Å². The fraction of sp³-hybridized carbons (Fsp3) is 0.438. The third kappa shape index (κ3) is 3.09. The molecule has 1 unspecified atom stereocenters. The van der Waals surface area contributed by atoms with E-state index in [4.69, 9.17) is 4.42 Å². The van der Waals surface area contributed by atoms with Crippen molar-refractivity contribution in [1.29, 1.82) is 0 Å². The van der Waals surface area contributed by atoms with Gasteiger partial charge in [-0.2, -0.15) is 0 Å². The van der Waals surface area contributed by atoms with Crippen molar-refractivity contribution in [3.8, 4) is 5.75 Å². The molecule has 2 heterocycles. The number of phenolic OH excluding ortho intramolecular Hbond substituents is 1. The molecule has 1 aromatic heterocycles. The Bertz CT molecular complexity index is 695. The summed E-state index contributed by atoms with van der Waals surface area (Å²) in [6.45, 7) is 2.75. The lowest BCUT2D eigenvalue weighted by Gasteiger charge is -2.32. The van der Waals surface area contributed by atoms with Crippen LogP contribution in [0.1, 0.15) is 18.4 Å². The number of fused-ring (bicyclic) bond motifs is 1. The van der Waals surface area contributed by atoms with E-state index in [1.165, 1.54) is 12.5 Å². The number of piperidine rings is 1. The van der Waals surface area contributed by atoms with E-state index < -0.39 is 0 Å². The minimum Gasteiger partial charge on any atom is -0.508 e. The molecule has 5 nitrogen and oxygen atoms in total. The molecule has 1 atom stereocenters. The van der Waals surface area contributed by atoms with E-state index in [0.717, 1.165) is 37.0 Å². The summed E-state index contributed by atoms with van der Waals surface area (Å²) in [6, 6.07) is 6.99. The fourth-order valence-electron chi connectivity index (χ4n) is 3.03. The van der Waals surface area contributed by atoms with Gasteiger partial charge in [-0.1, -0.05) is 0 Å². The lowest BCUT2D eigenvalue weighted by atomic mass is 10.0. The minimum atomic E-state index is -0.370. The number of likely N-dealkylation sites (N-methyl/N-ethyl adjacent to an activating group) is 1. The molecular weight excluding hydrogens is 268 g/mol. The number of benzene rings is 1. The molecule has 1 aromatic carbocycles. The summed E-state index contributed by atoms with van der Waals surface area (Å²) in [5.74, 6) is 0.107. The van der Waals surface area contributed by atoms with Crippen LogP contribution < -0.4 is 10.9 Å². The standard InChI is InChI=1S/C16H20N2O3/c1-17-12-3-2-6-18(10-12)9-11-7-16(20)21-15-8-13(19)4-5-14(11)15/h4-5,7-8,12,17,19H,2-3,6,9-10H2,1H3. The second-order valence-corrected chi connectivity index (χ2v) is 5.63. The van der Waals surface area contributed by atoms with Gasteiger partial charge in [-0.05, 0) is 44.1 Å². The highest BCUT2D eigenvalue weighted by Crippen LogP contribution is 2.23. The maximum absolute atomic E-state index is 11.7. The average Bonchev–Trinajstić information content (AvgIpc) is 2.46. The molecule has 0 amide bonds. The van der Waals surface area contributed by atoms with Gasteiger partial charge in [0, 0.05) is 36.7 Å². The van der Waals surface area contributed by atoms with Gasteiger partial charge in [0.05, 0.1) is 0 Å². The Morgan fingerprint density at radius 2 is 2.29 bits per heavy atom. The second kappa shape index (κ2) is 5.87. The highest BCUT2D eigenvalue weighted by molar-refractivity contribution is 5.81. The van der Waals surface area contributed by atoms with Gasteiger partial charge >= 0.3 is 5.63 Å². The first-order valence-electron chi connectivity index (χ1n) is 7.31. The van der Waals surface area contributed by atoms with Gasteiger partial charge < -0.3 is 14.8 Å². The molecule has 0 aliphatic carbocycles. The Kier molecular flexibility index (Phi) is 3.94. The van der Waals surface area contributed by atoms with E-state index >= 15 is 0 Å². The summed E-state index contributed by atoms with van der Waals surface area (Å²) in [6.07, 6.45) is 2.35. The number of nitrogens with one attached hydrogen (secondary N) is 1. The highest BCUT2D eigenvalue weighted by atomic mass is 16.4. The first-order valence-corrected chi connectivity index (χ1v) is 7.31. The Morgan fingerprint density at radius 1 is 1.43 bits per heavy atom. The van der Waals surface area contributed by atoms with Crippen molar-refractivity contribution in [2.45, 2.75) is 25.4 Å². The van der Waals surface area contributed by atoms with Gasteiger partial charge in [0.15, 0.2) is 0 Å². The van der Waals surface area contributed by atoms with Gasteiger partial charge in [0.25, 0.3) is 0 Å². The van der Waals surface area contributed by atoms with Crippen LogP contribution in [-0.4, -0.2) is 36.2 Å². The number of hydrogen-bond donors (Lipinski definition) is 2. The summed E-state index contributed by atoms with van der Waals surface area (Å²) < 4.78 is 5.17. The van der Waals surface area contributed by atoms with Crippen LogP contribution in [0.5, 0.6) is 5.75 Å². The largest absolute Gasteiger partial charge is 0.508 e. The van der Waals surface area contributed by atoms with Crippen LogP contribution >= 0.6 is 0 Å². The van der Waals surface area contributed by atoms with Gasteiger partial charge in [-0.25, -0.2) is 4.79 Å². The predicted molar refractivity (Wildman–Crippen MR) is 81.5 cm³/mol. The second-order valence-electron chi connectivity index (χ2n) is 5.63. The maximum atomic E-state index is 11.7. The highest BCUT2D eigenvalue weighted by Gasteiger charge is 2.19. The Morgan fingerprint density at radius 3 is 3.10 bits per heavy atom. The zero-order valence-corrected chi connectivity index (χ0v) is 12.1. The monoisotopic (exact) mass is 288 g/mol. The first-order chi connectivity index (χ1) is 10.2. The summed E-state index contributed by atoms with van der Waals surface area (Å²) in [5.41, 5.74) is 1.03. The number of nitrogens with zero attached hydrogens (tertiary/aromatic N) is 1. The van der Waals surface area contributed by atoms with Crippen molar-refractivity contribution in [3.05, 3.63) is 40.2 Å². The lowest BCUT2D eigenvalue weighted by Crippen LogP contribution is -2.43. The van der Waals surface area contributed by atoms with E-state index in [9.17, 15) is 9.90 Å². The van der Waals surface area contributed by atoms with Crippen molar-refractivity contribution in [2.75, 3.05) is 20.1 Å². The molecule has 3 rings (SSSR count). The molecule has 5 heteroatoms. The van der Waals surface area contributed by atoms with Crippen LogP contribution in [-0.2, 0) is 6.54 Å². The molecule has 1 fully saturated rings. The Balaban J connectivity index is 1.91. The molecule has 1 aliphatic heterocycles. The van der Waals surface area contributed by atoms with E-state index in [0.29, 0.717) is 11.6 Å². The average molecular weight is 288 g/mol. The van der Waals surface area contributed by atoms with Gasteiger partial charge in [0.2, 0.25) is 0 Å². The Labute approximate surface area is 123 Å². The molecule has 0 radical (unpaired) electrons. The van der Waals surface area contributed by atoms with Crippen LogP contribution in [0, 0.1) is 0 Å². The molecule has 112 valence electrons. The molecule has 2 N–H and O–H groups in total. The van der Waals surface area contributed by atoms with Crippen molar-refractivity contribution in [3.63, 3.8) is 0 Å². The third-order valence-electron chi connectivity index (χ3n) is 4.12. The zero-order valence-electron chi connectivity index (χ0n) is 12.1. The fourth-order valence-corrected chi connectivity index (χ4v) is 3.03. The first kappa shape index (κ1) is 14.1. The summed E-state index contributed by atoms with van der Waals surface area (Å²) in [5, 5.41) is 13.7. The summed E-state index contributed by atoms with van der Waals surface area (Å²) in [7, 11) is 1.99. The molecule has 1 aliphatic rings. The third-order valence-corrected chi connectivity index (χ3v) is 4.12. The zero-order chi connectivity index (χ0) is 14.8. The number of aromatic hydroxyl groups is 1. The van der Waals surface area contributed by atoms with Crippen molar-refractivity contribution in [2.24, 2.45) is 0 Å². The Hall–Kier alpha value is -1.85. The topological polar surface area (TPSA) is 65.7 Å². The number of likely N-dealkylation sites (tertiary alicyclic amines) is 1. The van der Waals surface area contributed by atoms with E-state index in [1.807, 2.05) is 13.1 Å². The van der Waals surface area contributed by atoms with Crippen LogP contribution in [0.2, 0.25) is 0 Å². The number of rotatable bonds is 3. The van der Waals surface area contributed by atoms with E-state index in [2.05, 4.69) is 10.2 Å². The van der Waals surface area contributed by atoms with Gasteiger partial charge in [-0.3, -0.25) is 4.90 Å². The number of hydrogen-bond acceptors (Lipinski definition) is 5. The molecule has 0 spiro atoms. The predicted octanol–water partition coefficient (Wildman–Crippen LogP) is 1.68. The maximum Gasteiger partial charge on any atom is 0.336 e.